The number of nitrogens with one attached hydrogen (secondary N) is 1. The highest BCUT2D eigenvalue weighted by atomic mass is 35.5. The second-order valence-electron chi connectivity index (χ2n) is 7.38. The lowest BCUT2D eigenvalue weighted by Crippen LogP contribution is -2.54. The lowest BCUT2D eigenvalue weighted by atomic mass is 10.1. The third-order valence-corrected chi connectivity index (χ3v) is 5.39. The Bertz CT molecular complexity index is 1310. The smallest absolute Gasteiger partial charge is 0.335 e. The van der Waals surface area contributed by atoms with Gasteiger partial charge in [0.05, 0.1) is 5.69 Å². The second kappa shape index (κ2) is 9.26. The molecular weight excluding hydrogens is 447 g/mol. The van der Waals surface area contributed by atoms with Crippen LogP contribution in [0.3, 0.4) is 0 Å². The number of urea groups is 1. The molecule has 1 aliphatic heterocycles. The van der Waals surface area contributed by atoms with Crippen molar-refractivity contribution in [3.05, 3.63) is 99.8 Å². The van der Waals surface area contributed by atoms with E-state index in [4.69, 9.17) is 16.3 Å². The highest BCUT2D eigenvalue weighted by Crippen LogP contribution is 2.27. The molecule has 1 aliphatic rings. The van der Waals surface area contributed by atoms with Crippen molar-refractivity contribution in [3.63, 3.8) is 0 Å². The van der Waals surface area contributed by atoms with E-state index in [2.05, 4.69) is 5.32 Å². The Labute approximate surface area is 194 Å². The van der Waals surface area contributed by atoms with Crippen LogP contribution in [0.5, 0.6) is 5.75 Å². The van der Waals surface area contributed by atoms with Gasteiger partial charge in [0.25, 0.3) is 11.8 Å². The van der Waals surface area contributed by atoms with Gasteiger partial charge in [0.15, 0.2) is 0 Å². The van der Waals surface area contributed by atoms with Gasteiger partial charge in [-0.3, -0.25) is 14.9 Å². The molecule has 4 rings (SSSR count). The molecule has 0 atom stereocenters. The Morgan fingerprint density at radius 1 is 1.03 bits per heavy atom. The molecule has 33 heavy (non-hydrogen) atoms. The summed E-state index contributed by atoms with van der Waals surface area (Å²) in [7, 11) is 0. The minimum absolute atomic E-state index is 0.146. The summed E-state index contributed by atoms with van der Waals surface area (Å²) in [5.41, 5.74) is 1.99. The van der Waals surface area contributed by atoms with Crippen molar-refractivity contribution >= 4 is 41.2 Å². The van der Waals surface area contributed by atoms with E-state index >= 15 is 0 Å². The van der Waals surface area contributed by atoms with Crippen LogP contribution in [-0.4, -0.2) is 17.8 Å². The number of carbonyl (C=O) groups is 3. The van der Waals surface area contributed by atoms with Gasteiger partial charge in [0.1, 0.15) is 23.7 Å². The van der Waals surface area contributed by atoms with Crippen LogP contribution in [0.4, 0.5) is 14.9 Å². The van der Waals surface area contributed by atoms with Gasteiger partial charge >= 0.3 is 6.03 Å². The second-order valence-corrected chi connectivity index (χ2v) is 7.79. The maximum atomic E-state index is 13.3. The maximum absolute atomic E-state index is 13.3. The number of hydrogen-bond donors (Lipinski definition) is 1. The van der Waals surface area contributed by atoms with Gasteiger partial charge in [-0.05, 0) is 66.1 Å². The van der Waals surface area contributed by atoms with Crippen molar-refractivity contribution in [2.24, 2.45) is 0 Å². The summed E-state index contributed by atoms with van der Waals surface area (Å²) in [6, 6.07) is 16.7. The summed E-state index contributed by atoms with van der Waals surface area (Å²) in [5.74, 6) is -1.46. The summed E-state index contributed by atoms with van der Waals surface area (Å²) >= 11 is 6.14. The van der Waals surface area contributed by atoms with Crippen molar-refractivity contribution in [1.82, 2.24) is 5.32 Å². The monoisotopic (exact) mass is 464 g/mol. The van der Waals surface area contributed by atoms with Crippen LogP contribution in [0, 0.1) is 12.7 Å². The van der Waals surface area contributed by atoms with Crippen LogP contribution in [-0.2, 0) is 16.2 Å². The van der Waals surface area contributed by atoms with Gasteiger partial charge in [-0.25, -0.2) is 14.1 Å². The quantitative estimate of drug-likeness (QED) is 0.424. The first-order valence-electron chi connectivity index (χ1n) is 9.97. The predicted octanol–water partition coefficient (Wildman–Crippen LogP) is 5.03. The van der Waals surface area contributed by atoms with Gasteiger partial charge < -0.3 is 4.74 Å². The first kappa shape index (κ1) is 22.2. The van der Waals surface area contributed by atoms with E-state index in [9.17, 15) is 18.8 Å². The molecule has 8 heteroatoms. The molecule has 3 aromatic rings. The molecule has 0 spiro atoms. The van der Waals surface area contributed by atoms with Crippen LogP contribution in [0.15, 0.2) is 72.3 Å². The number of imide groups is 2. The molecule has 3 aromatic carbocycles. The first-order chi connectivity index (χ1) is 15.8. The fourth-order valence-electron chi connectivity index (χ4n) is 3.27. The average molecular weight is 465 g/mol. The lowest BCUT2D eigenvalue weighted by Gasteiger charge is -2.26. The standard InChI is InChI=1S/C25H18ClFN2O4/c1-15-8-9-19(13-22(15)26)29-24(31)21(23(30)28-25(29)32)12-16-4-3-7-20(11-16)33-14-17-5-2-6-18(27)10-17/h2-13H,14H2,1H3,(H,28,30,32). The number of benzene rings is 3. The Morgan fingerprint density at radius 3 is 2.58 bits per heavy atom. The zero-order valence-corrected chi connectivity index (χ0v) is 18.2. The number of hydrogen-bond acceptors (Lipinski definition) is 4. The minimum atomic E-state index is -0.853. The molecule has 0 bridgehead atoms. The molecule has 0 aliphatic carbocycles. The molecule has 1 heterocycles. The molecule has 1 saturated heterocycles. The number of aryl methyl sites for hydroxylation is 1. The maximum Gasteiger partial charge on any atom is 0.335 e. The van der Waals surface area contributed by atoms with E-state index in [1.165, 1.54) is 24.3 Å². The van der Waals surface area contributed by atoms with Gasteiger partial charge in [-0.2, -0.15) is 0 Å². The summed E-state index contributed by atoms with van der Waals surface area (Å²) in [6.45, 7) is 1.94. The molecule has 166 valence electrons. The topological polar surface area (TPSA) is 75.7 Å². The predicted molar refractivity (Wildman–Crippen MR) is 122 cm³/mol. The van der Waals surface area contributed by atoms with Crippen molar-refractivity contribution in [1.29, 1.82) is 0 Å². The van der Waals surface area contributed by atoms with Crippen LogP contribution in [0.25, 0.3) is 6.08 Å². The summed E-state index contributed by atoms with van der Waals surface area (Å²) in [4.78, 5) is 38.7. The fraction of sp³-hybridized carbons (Fsp3) is 0.0800. The number of anilines is 1. The number of rotatable bonds is 5. The highest BCUT2D eigenvalue weighted by Gasteiger charge is 2.37. The average Bonchev–Trinajstić information content (AvgIpc) is 2.78. The zero-order chi connectivity index (χ0) is 23.5. The number of carbonyl (C=O) groups excluding carboxylic acids is 3. The van der Waals surface area contributed by atoms with Crippen LogP contribution in [0.2, 0.25) is 5.02 Å². The van der Waals surface area contributed by atoms with Gasteiger partial charge in [-0.1, -0.05) is 41.9 Å². The Morgan fingerprint density at radius 2 is 1.82 bits per heavy atom. The lowest BCUT2D eigenvalue weighted by molar-refractivity contribution is -0.122. The van der Waals surface area contributed by atoms with Crippen molar-refractivity contribution in [2.45, 2.75) is 13.5 Å². The summed E-state index contributed by atoms with van der Waals surface area (Å²) < 4.78 is 19.0. The molecule has 4 amide bonds. The fourth-order valence-corrected chi connectivity index (χ4v) is 3.44. The minimum Gasteiger partial charge on any atom is -0.489 e. The number of amides is 4. The molecule has 0 radical (unpaired) electrons. The molecule has 0 unspecified atom stereocenters. The van der Waals surface area contributed by atoms with E-state index in [0.717, 1.165) is 10.5 Å². The van der Waals surface area contributed by atoms with E-state index in [1.807, 2.05) is 0 Å². The van der Waals surface area contributed by atoms with Gasteiger partial charge in [0.2, 0.25) is 0 Å². The Kier molecular flexibility index (Phi) is 6.24. The van der Waals surface area contributed by atoms with Crippen molar-refractivity contribution in [3.8, 4) is 5.75 Å². The van der Waals surface area contributed by atoms with E-state index in [1.54, 1.807) is 55.5 Å². The van der Waals surface area contributed by atoms with E-state index in [-0.39, 0.29) is 23.7 Å². The number of barbiturate groups is 1. The normalized spacial score (nSPS) is 15.1. The first-order valence-corrected chi connectivity index (χ1v) is 10.3. The largest absolute Gasteiger partial charge is 0.489 e. The molecule has 6 nitrogen and oxygen atoms in total. The Balaban J connectivity index is 1.58. The van der Waals surface area contributed by atoms with Gasteiger partial charge in [-0.15, -0.1) is 0 Å². The summed E-state index contributed by atoms with van der Waals surface area (Å²) in [6.07, 6.45) is 1.38. The van der Waals surface area contributed by atoms with Crippen molar-refractivity contribution < 1.29 is 23.5 Å². The molecule has 1 N–H and O–H groups in total. The van der Waals surface area contributed by atoms with E-state index in [0.29, 0.717) is 21.9 Å². The van der Waals surface area contributed by atoms with E-state index < -0.39 is 17.8 Å². The molecular formula is C25H18ClFN2O4. The molecule has 0 saturated carbocycles. The molecule has 0 aromatic heterocycles. The van der Waals surface area contributed by atoms with Crippen LogP contribution in [0.1, 0.15) is 16.7 Å². The number of ether oxygens (including phenoxy) is 1. The van der Waals surface area contributed by atoms with Crippen LogP contribution >= 0.6 is 11.6 Å². The third kappa shape index (κ3) is 4.94. The number of nitrogens with zero attached hydrogens (tertiary/aromatic N) is 1. The van der Waals surface area contributed by atoms with Crippen molar-refractivity contribution in [2.75, 3.05) is 4.90 Å². The third-order valence-electron chi connectivity index (χ3n) is 4.98. The highest BCUT2D eigenvalue weighted by molar-refractivity contribution is 6.39. The van der Waals surface area contributed by atoms with Crippen LogP contribution < -0.4 is 15.0 Å². The Hall–Kier alpha value is -3.97. The summed E-state index contributed by atoms with van der Waals surface area (Å²) in [5, 5.41) is 2.57. The molecule has 1 fully saturated rings. The SMILES string of the molecule is Cc1ccc(N2C(=O)NC(=O)C(=Cc3cccc(OCc4cccc(F)c4)c3)C2=O)cc1Cl. The van der Waals surface area contributed by atoms with Gasteiger partial charge in [0, 0.05) is 5.02 Å². The number of halogens is 2. The zero-order valence-electron chi connectivity index (χ0n) is 17.5.